The van der Waals surface area contributed by atoms with Gasteiger partial charge in [0, 0.05) is 13.6 Å². The lowest BCUT2D eigenvalue weighted by atomic mass is 9.83. The minimum atomic E-state index is -0.129. The Kier molecular flexibility index (Phi) is 5.25. The minimum absolute atomic E-state index is 0.00282. The first-order valence-electron chi connectivity index (χ1n) is 6.66. The Morgan fingerprint density at radius 2 is 2.06 bits per heavy atom. The van der Waals surface area contributed by atoms with Gasteiger partial charge >= 0.3 is 6.03 Å². The van der Waals surface area contributed by atoms with Gasteiger partial charge in [0.15, 0.2) is 0 Å². The molecule has 1 atom stereocenters. The molecule has 1 aliphatic carbocycles. The van der Waals surface area contributed by atoms with Crippen molar-refractivity contribution >= 4 is 6.03 Å². The van der Waals surface area contributed by atoms with Crippen LogP contribution in [0.4, 0.5) is 4.79 Å². The van der Waals surface area contributed by atoms with Crippen LogP contribution in [0.2, 0.25) is 0 Å². The van der Waals surface area contributed by atoms with Crippen LogP contribution in [0.3, 0.4) is 0 Å². The van der Waals surface area contributed by atoms with Crippen LogP contribution in [0.1, 0.15) is 46.0 Å². The smallest absolute Gasteiger partial charge is 0.317 e. The van der Waals surface area contributed by atoms with E-state index in [2.05, 4.69) is 12.2 Å². The number of nitrogens with one attached hydrogen (secondary N) is 1. The predicted molar refractivity (Wildman–Crippen MR) is 68.9 cm³/mol. The second-order valence-electron chi connectivity index (χ2n) is 5.36. The third-order valence-corrected chi connectivity index (χ3v) is 4.27. The second-order valence-corrected chi connectivity index (χ2v) is 5.36. The maximum atomic E-state index is 11.9. The zero-order valence-electron chi connectivity index (χ0n) is 11.3. The fraction of sp³-hybridized carbons (Fsp3) is 0.923. The SMILES string of the molecule is CCC1(CNC(=O)N(C)C(C)CO)CCCC1. The van der Waals surface area contributed by atoms with Crippen molar-refractivity contribution < 1.29 is 9.90 Å². The molecule has 2 amide bonds. The Morgan fingerprint density at radius 3 is 2.53 bits per heavy atom. The van der Waals surface area contributed by atoms with E-state index in [1.165, 1.54) is 25.7 Å². The largest absolute Gasteiger partial charge is 0.394 e. The molecular weight excluding hydrogens is 216 g/mol. The van der Waals surface area contributed by atoms with Crippen molar-refractivity contribution in [3.05, 3.63) is 0 Å². The second kappa shape index (κ2) is 6.24. The van der Waals surface area contributed by atoms with Crippen molar-refractivity contribution in [3.63, 3.8) is 0 Å². The van der Waals surface area contributed by atoms with Crippen LogP contribution in [0.25, 0.3) is 0 Å². The summed E-state index contributed by atoms with van der Waals surface area (Å²) >= 11 is 0. The molecule has 4 nitrogen and oxygen atoms in total. The van der Waals surface area contributed by atoms with Gasteiger partial charge in [0.2, 0.25) is 0 Å². The van der Waals surface area contributed by atoms with E-state index in [1.54, 1.807) is 11.9 Å². The zero-order valence-corrected chi connectivity index (χ0v) is 11.3. The number of aliphatic hydroxyl groups excluding tert-OH is 1. The van der Waals surface area contributed by atoms with Gasteiger partial charge in [-0.15, -0.1) is 0 Å². The van der Waals surface area contributed by atoms with Crippen LogP contribution >= 0.6 is 0 Å². The number of nitrogens with zero attached hydrogens (tertiary/aromatic N) is 1. The van der Waals surface area contributed by atoms with Gasteiger partial charge in [-0.3, -0.25) is 0 Å². The number of likely N-dealkylation sites (N-methyl/N-ethyl adjacent to an activating group) is 1. The summed E-state index contributed by atoms with van der Waals surface area (Å²) in [4.78, 5) is 13.4. The molecule has 0 heterocycles. The number of carbonyl (C=O) groups is 1. The highest BCUT2D eigenvalue weighted by atomic mass is 16.3. The Labute approximate surface area is 104 Å². The fourth-order valence-electron chi connectivity index (χ4n) is 2.49. The van der Waals surface area contributed by atoms with Gasteiger partial charge in [0.05, 0.1) is 12.6 Å². The highest BCUT2D eigenvalue weighted by molar-refractivity contribution is 5.74. The lowest BCUT2D eigenvalue weighted by Crippen LogP contribution is -2.46. The van der Waals surface area contributed by atoms with E-state index in [9.17, 15) is 4.79 Å². The van der Waals surface area contributed by atoms with Gasteiger partial charge in [-0.2, -0.15) is 0 Å². The van der Waals surface area contributed by atoms with Gasteiger partial charge in [0.25, 0.3) is 0 Å². The molecule has 0 aromatic rings. The standard InChI is InChI=1S/C13H26N2O2/c1-4-13(7-5-6-8-13)10-14-12(17)15(3)11(2)9-16/h11,16H,4-10H2,1-3H3,(H,14,17). The molecule has 0 aromatic carbocycles. The first kappa shape index (κ1) is 14.3. The molecule has 4 heteroatoms. The maximum Gasteiger partial charge on any atom is 0.317 e. The lowest BCUT2D eigenvalue weighted by molar-refractivity contribution is 0.152. The summed E-state index contributed by atoms with van der Waals surface area (Å²) in [6, 6.07) is -0.206. The lowest BCUT2D eigenvalue weighted by Gasteiger charge is -2.30. The average molecular weight is 242 g/mol. The molecule has 0 radical (unpaired) electrons. The van der Waals surface area contributed by atoms with Gasteiger partial charge in [-0.1, -0.05) is 19.8 Å². The number of carbonyl (C=O) groups excluding carboxylic acids is 1. The molecule has 0 spiro atoms. The molecule has 0 aromatic heterocycles. The Morgan fingerprint density at radius 1 is 1.47 bits per heavy atom. The molecule has 0 saturated heterocycles. The van der Waals surface area contributed by atoms with Gasteiger partial charge in [-0.05, 0) is 31.6 Å². The van der Waals surface area contributed by atoms with E-state index >= 15 is 0 Å². The molecule has 100 valence electrons. The number of aliphatic hydroxyl groups is 1. The minimum Gasteiger partial charge on any atom is -0.394 e. The third-order valence-electron chi connectivity index (χ3n) is 4.27. The fourth-order valence-corrected chi connectivity index (χ4v) is 2.49. The van der Waals surface area contributed by atoms with Crippen molar-refractivity contribution in [2.75, 3.05) is 20.2 Å². The Bertz CT molecular complexity index is 250. The van der Waals surface area contributed by atoms with E-state index < -0.39 is 0 Å². The van der Waals surface area contributed by atoms with E-state index in [4.69, 9.17) is 5.11 Å². The maximum absolute atomic E-state index is 11.9. The molecule has 17 heavy (non-hydrogen) atoms. The van der Waals surface area contributed by atoms with Crippen molar-refractivity contribution in [3.8, 4) is 0 Å². The van der Waals surface area contributed by atoms with Crippen molar-refractivity contribution in [2.45, 2.75) is 52.0 Å². The van der Waals surface area contributed by atoms with Crippen LogP contribution in [-0.4, -0.2) is 42.3 Å². The summed E-state index contributed by atoms with van der Waals surface area (Å²) in [5.74, 6) is 0. The predicted octanol–water partition coefficient (Wildman–Crippen LogP) is 1.98. The van der Waals surface area contributed by atoms with E-state index in [0.29, 0.717) is 5.41 Å². The molecule has 1 aliphatic rings. The number of hydrogen-bond donors (Lipinski definition) is 2. The average Bonchev–Trinajstić information content (AvgIpc) is 2.83. The molecule has 1 saturated carbocycles. The summed E-state index contributed by atoms with van der Waals surface area (Å²) < 4.78 is 0. The molecular formula is C13H26N2O2. The summed E-state index contributed by atoms with van der Waals surface area (Å²) in [6.07, 6.45) is 6.15. The quantitative estimate of drug-likeness (QED) is 0.774. The molecule has 0 bridgehead atoms. The topological polar surface area (TPSA) is 52.6 Å². The van der Waals surface area contributed by atoms with Gasteiger partial charge < -0.3 is 15.3 Å². The third kappa shape index (κ3) is 3.60. The number of hydrogen-bond acceptors (Lipinski definition) is 2. The normalized spacial score (nSPS) is 20.0. The summed E-state index contributed by atoms with van der Waals surface area (Å²) in [7, 11) is 1.73. The highest BCUT2D eigenvalue weighted by Gasteiger charge is 2.32. The van der Waals surface area contributed by atoms with Crippen molar-refractivity contribution in [2.24, 2.45) is 5.41 Å². The van der Waals surface area contributed by atoms with Crippen molar-refractivity contribution in [1.29, 1.82) is 0 Å². The molecule has 1 unspecified atom stereocenters. The number of rotatable bonds is 5. The van der Waals surface area contributed by atoms with Crippen LogP contribution in [0, 0.1) is 5.41 Å². The van der Waals surface area contributed by atoms with Crippen molar-refractivity contribution in [1.82, 2.24) is 10.2 Å². The van der Waals surface area contributed by atoms with Gasteiger partial charge in [-0.25, -0.2) is 4.79 Å². The van der Waals surface area contributed by atoms with Crippen LogP contribution in [0.5, 0.6) is 0 Å². The first-order chi connectivity index (χ1) is 8.04. The summed E-state index contributed by atoms with van der Waals surface area (Å²) in [5, 5.41) is 12.0. The molecule has 1 rings (SSSR count). The summed E-state index contributed by atoms with van der Waals surface area (Å²) in [6.45, 7) is 4.82. The van der Waals surface area contributed by atoms with Crippen LogP contribution in [0.15, 0.2) is 0 Å². The first-order valence-corrected chi connectivity index (χ1v) is 6.66. The molecule has 1 fully saturated rings. The highest BCUT2D eigenvalue weighted by Crippen LogP contribution is 2.40. The monoisotopic (exact) mass is 242 g/mol. The molecule has 2 N–H and O–H groups in total. The number of urea groups is 1. The van der Waals surface area contributed by atoms with Gasteiger partial charge in [0.1, 0.15) is 0 Å². The Balaban J connectivity index is 2.41. The number of amides is 2. The Hall–Kier alpha value is -0.770. The van der Waals surface area contributed by atoms with Crippen LogP contribution < -0.4 is 5.32 Å². The van der Waals surface area contributed by atoms with Crippen LogP contribution in [-0.2, 0) is 0 Å². The van der Waals surface area contributed by atoms with E-state index in [1.807, 2.05) is 6.92 Å². The van der Waals surface area contributed by atoms with E-state index in [0.717, 1.165) is 13.0 Å². The van der Waals surface area contributed by atoms with E-state index in [-0.39, 0.29) is 18.7 Å². The summed E-state index contributed by atoms with van der Waals surface area (Å²) in [5.41, 5.74) is 0.318. The zero-order chi connectivity index (χ0) is 12.9. The molecule has 0 aliphatic heterocycles.